The molecule has 0 saturated heterocycles. The minimum Gasteiger partial charge on any atom is -0.512 e. The molecule has 0 radical (unpaired) electrons. The van der Waals surface area contributed by atoms with Crippen LogP contribution in [0.3, 0.4) is 0 Å². The van der Waals surface area contributed by atoms with E-state index in [1.54, 1.807) is 13.8 Å². The van der Waals surface area contributed by atoms with Crippen molar-refractivity contribution in [2.45, 2.75) is 59.0 Å². The largest absolute Gasteiger partial charge is 0.512 e. The minimum atomic E-state index is -1.82. The van der Waals surface area contributed by atoms with E-state index in [-0.39, 0.29) is 17.2 Å². The van der Waals surface area contributed by atoms with Gasteiger partial charge in [0, 0.05) is 0 Å². The van der Waals surface area contributed by atoms with Gasteiger partial charge in [0.05, 0.1) is 30.5 Å². The van der Waals surface area contributed by atoms with Gasteiger partial charge >= 0.3 is 0 Å². The van der Waals surface area contributed by atoms with Crippen LogP contribution in [-0.4, -0.2) is 23.2 Å². The smallest absolute Gasteiger partial charge is 0.163 e. The first-order valence-corrected chi connectivity index (χ1v) is 13.1. The number of carbonyl (C=O) groups excluding carboxylic acids is 1. The molecule has 2 aromatic rings. The lowest BCUT2D eigenvalue weighted by atomic mass is 10.0. The molecule has 0 aliphatic carbocycles. The van der Waals surface area contributed by atoms with E-state index in [2.05, 4.69) is 56.3 Å². The maximum absolute atomic E-state index is 12.8. The normalized spacial score (nSPS) is 13.7. The van der Waals surface area contributed by atoms with Gasteiger partial charge in [-0.05, 0) is 44.4 Å². The van der Waals surface area contributed by atoms with E-state index in [1.807, 2.05) is 18.2 Å². The van der Waals surface area contributed by atoms with E-state index in [0.717, 1.165) is 43.6 Å². The van der Waals surface area contributed by atoms with Crippen molar-refractivity contribution in [3.63, 3.8) is 0 Å². The van der Waals surface area contributed by atoms with Gasteiger partial charge in [-0.1, -0.05) is 75.2 Å². The molecule has 3 heteroatoms. The van der Waals surface area contributed by atoms with Crippen molar-refractivity contribution < 1.29 is 9.90 Å². The van der Waals surface area contributed by atoms with Crippen molar-refractivity contribution in [2.75, 3.05) is 12.3 Å². The van der Waals surface area contributed by atoms with Crippen LogP contribution in [0.4, 0.5) is 0 Å². The van der Waals surface area contributed by atoms with E-state index in [1.165, 1.54) is 5.30 Å². The summed E-state index contributed by atoms with van der Waals surface area (Å²) in [7, 11) is -1.82. The topological polar surface area (TPSA) is 37.3 Å². The third-order valence-electron chi connectivity index (χ3n) is 5.74. The summed E-state index contributed by atoms with van der Waals surface area (Å²) >= 11 is 0. The van der Waals surface area contributed by atoms with Crippen LogP contribution in [-0.2, 0) is 4.79 Å². The highest BCUT2D eigenvalue weighted by atomic mass is 31.2. The number of allylic oxidation sites excluding steroid dienone is 2. The zero-order valence-electron chi connectivity index (χ0n) is 18.4. The molecular formula is C26H36O2P+. The fourth-order valence-corrected chi connectivity index (χ4v) is 10.0. The second-order valence-electron chi connectivity index (χ2n) is 7.89. The Hall–Kier alpha value is -1.92. The Balaban J connectivity index is 2.84. The van der Waals surface area contributed by atoms with Crippen LogP contribution in [0.15, 0.2) is 72.0 Å². The summed E-state index contributed by atoms with van der Waals surface area (Å²) in [6.07, 6.45) is 6.70. The molecule has 0 heterocycles. The summed E-state index contributed by atoms with van der Waals surface area (Å²) in [5.74, 6) is 0.145. The molecule has 0 aliphatic heterocycles. The summed E-state index contributed by atoms with van der Waals surface area (Å²) in [4.78, 5) is 12.8. The summed E-state index contributed by atoms with van der Waals surface area (Å²) < 4.78 is 0. The maximum Gasteiger partial charge on any atom is 0.163 e. The van der Waals surface area contributed by atoms with Crippen molar-refractivity contribution >= 4 is 18.4 Å². The van der Waals surface area contributed by atoms with Gasteiger partial charge < -0.3 is 5.11 Å². The van der Waals surface area contributed by atoms with Gasteiger partial charge in [-0.25, -0.2) is 0 Å². The second-order valence-corrected chi connectivity index (χ2v) is 11.9. The lowest BCUT2D eigenvalue weighted by molar-refractivity contribution is -0.113. The highest BCUT2D eigenvalue weighted by molar-refractivity contribution is 7.83. The van der Waals surface area contributed by atoms with Crippen LogP contribution in [0.2, 0.25) is 0 Å². The highest BCUT2D eigenvalue weighted by Crippen LogP contribution is 2.72. The molecule has 0 fully saturated rings. The number of aliphatic hydroxyl groups is 1. The van der Waals surface area contributed by atoms with Gasteiger partial charge in [0.15, 0.2) is 5.78 Å². The Labute approximate surface area is 177 Å². The predicted molar refractivity (Wildman–Crippen MR) is 128 cm³/mol. The van der Waals surface area contributed by atoms with E-state index in [9.17, 15) is 9.90 Å². The average Bonchev–Trinajstić information content (AvgIpc) is 2.73. The van der Waals surface area contributed by atoms with Crippen LogP contribution in [0.1, 0.15) is 64.6 Å². The van der Waals surface area contributed by atoms with Gasteiger partial charge in [0.25, 0.3) is 0 Å². The van der Waals surface area contributed by atoms with E-state index in [0.29, 0.717) is 5.57 Å². The number of carbonyl (C=O) groups is 1. The first kappa shape index (κ1) is 23.4. The van der Waals surface area contributed by atoms with Crippen molar-refractivity contribution in [2.24, 2.45) is 0 Å². The molecule has 0 aliphatic rings. The number of hydrogen-bond donors (Lipinski definition) is 1. The fraction of sp³-hybridized carbons (Fsp3) is 0.423. The molecule has 2 nitrogen and oxygen atoms in total. The van der Waals surface area contributed by atoms with Crippen LogP contribution in [0.25, 0.3) is 0 Å². The number of ketones is 1. The molecule has 156 valence electrons. The van der Waals surface area contributed by atoms with Crippen molar-refractivity contribution in [3.8, 4) is 0 Å². The quantitative estimate of drug-likeness (QED) is 0.243. The van der Waals surface area contributed by atoms with Crippen LogP contribution in [0.5, 0.6) is 0 Å². The predicted octanol–water partition coefficient (Wildman–Crippen LogP) is 7.09. The number of unbranched alkanes of at least 4 members (excludes halogenated alkanes) is 2. The molecule has 2 rings (SSSR count). The monoisotopic (exact) mass is 411 g/mol. The first-order chi connectivity index (χ1) is 14.0. The number of Topliss-reactive ketones (excluding diaryl/α,β-unsaturated/α-hetero) is 1. The molecule has 0 amide bonds. The molecule has 0 aromatic heterocycles. The van der Waals surface area contributed by atoms with Crippen molar-refractivity contribution in [1.82, 2.24) is 0 Å². The Morgan fingerprint density at radius 2 is 1.34 bits per heavy atom. The summed E-state index contributed by atoms with van der Waals surface area (Å²) in [6, 6.07) is 21.2. The first-order valence-electron chi connectivity index (χ1n) is 10.9. The zero-order valence-corrected chi connectivity index (χ0v) is 19.3. The Kier molecular flexibility index (Phi) is 9.11. The lowest BCUT2D eigenvalue weighted by Crippen LogP contribution is -2.27. The molecule has 1 atom stereocenters. The Bertz CT molecular complexity index is 784. The molecule has 1 N–H and O–H groups in total. The Morgan fingerprint density at radius 3 is 1.76 bits per heavy atom. The standard InChI is InChI=1S/C26H35O2P/c1-5-7-19-29(20-8-6-2,24-17-13-10-14-18-24)26(23-15-11-9-12-16-23)25(21(3)27)22(4)28/h9-18,26H,5-8,19-20H2,1-4H3/p+1. The SMILES string of the molecule is CCCC[P+](CCCC)(c1ccccc1)C(/C(C(C)=O)=C(/C)O)c1ccccc1. The average molecular weight is 412 g/mol. The minimum absolute atomic E-state index is 0.0212. The molecule has 0 bridgehead atoms. The lowest BCUT2D eigenvalue weighted by Gasteiger charge is -2.36. The molecular weight excluding hydrogens is 375 g/mol. The molecule has 29 heavy (non-hydrogen) atoms. The highest BCUT2D eigenvalue weighted by Gasteiger charge is 2.50. The van der Waals surface area contributed by atoms with Crippen LogP contribution in [0, 0.1) is 0 Å². The van der Waals surface area contributed by atoms with Crippen LogP contribution < -0.4 is 5.30 Å². The third-order valence-corrected chi connectivity index (χ3v) is 10.8. The maximum atomic E-state index is 12.8. The number of aliphatic hydroxyl groups excluding tert-OH is 1. The van der Waals surface area contributed by atoms with Crippen molar-refractivity contribution in [3.05, 3.63) is 77.6 Å². The Morgan fingerprint density at radius 1 is 0.862 bits per heavy atom. The summed E-state index contributed by atoms with van der Waals surface area (Å²) in [5, 5.41) is 12.0. The van der Waals surface area contributed by atoms with Gasteiger partial charge in [0.1, 0.15) is 11.4 Å². The molecule has 2 aromatic carbocycles. The number of hydrogen-bond acceptors (Lipinski definition) is 2. The molecule has 0 spiro atoms. The number of benzene rings is 2. The fourth-order valence-electron chi connectivity index (χ4n) is 4.36. The van der Waals surface area contributed by atoms with E-state index >= 15 is 0 Å². The van der Waals surface area contributed by atoms with Gasteiger partial charge in [-0.2, -0.15) is 0 Å². The molecule has 0 saturated carbocycles. The van der Waals surface area contributed by atoms with Gasteiger partial charge in [-0.3, -0.25) is 4.79 Å². The summed E-state index contributed by atoms with van der Waals surface area (Å²) in [6.45, 7) is 7.74. The van der Waals surface area contributed by atoms with E-state index in [4.69, 9.17) is 0 Å². The van der Waals surface area contributed by atoms with E-state index < -0.39 is 7.26 Å². The number of rotatable bonds is 11. The van der Waals surface area contributed by atoms with Crippen molar-refractivity contribution in [1.29, 1.82) is 0 Å². The third kappa shape index (κ3) is 5.58. The zero-order chi connectivity index (χ0) is 21.3. The van der Waals surface area contributed by atoms with Crippen LogP contribution >= 0.6 is 7.26 Å². The second kappa shape index (κ2) is 11.3. The summed E-state index contributed by atoms with van der Waals surface area (Å²) in [5.41, 5.74) is 1.68. The van der Waals surface area contributed by atoms with Gasteiger partial charge in [0.2, 0.25) is 0 Å². The molecule has 1 unspecified atom stereocenters. The van der Waals surface area contributed by atoms with Gasteiger partial charge in [-0.15, -0.1) is 0 Å².